The van der Waals surface area contributed by atoms with Gasteiger partial charge in [-0.2, -0.15) is 0 Å². The first kappa shape index (κ1) is 10.6. The van der Waals surface area contributed by atoms with Crippen molar-refractivity contribution in [2.24, 2.45) is 5.92 Å². The first-order valence-electron chi connectivity index (χ1n) is 4.61. The lowest BCUT2D eigenvalue weighted by molar-refractivity contribution is 0.172. The van der Waals surface area contributed by atoms with E-state index in [0.717, 1.165) is 5.56 Å². The highest BCUT2D eigenvalue weighted by Crippen LogP contribution is 2.03. The third-order valence-corrected chi connectivity index (χ3v) is 1.93. The summed E-state index contributed by atoms with van der Waals surface area (Å²) in [4.78, 5) is 0. The van der Waals surface area contributed by atoms with E-state index in [2.05, 4.69) is 18.4 Å². The van der Waals surface area contributed by atoms with E-state index in [9.17, 15) is 5.11 Å². The molecule has 1 nitrogen and oxygen atoms in total. The summed E-state index contributed by atoms with van der Waals surface area (Å²) in [5.74, 6) is 5.81. The van der Waals surface area contributed by atoms with E-state index in [1.165, 1.54) is 0 Å². The number of aliphatic hydroxyl groups excluding tert-OH is 1. The van der Waals surface area contributed by atoms with Gasteiger partial charge in [0.1, 0.15) is 0 Å². The Morgan fingerprint density at radius 3 is 2.50 bits per heavy atom. The predicted molar refractivity (Wildman–Crippen MR) is 58.7 cm³/mol. The van der Waals surface area contributed by atoms with E-state index in [0.29, 0.717) is 0 Å². The highest BCUT2D eigenvalue weighted by molar-refractivity contribution is 5.34. The molecule has 0 fully saturated rings. The van der Waals surface area contributed by atoms with Gasteiger partial charge >= 0.3 is 0 Å². The second-order valence-electron chi connectivity index (χ2n) is 3.14. The zero-order chi connectivity index (χ0) is 10.4. The molecular weight excluding hydrogens is 172 g/mol. The van der Waals surface area contributed by atoms with Crippen molar-refractivity contribution in [3.63, 3.8) is 0 Å². The molecular formula is C13H14O. The summed E-state index contributed by atoms with van der Waals surface area (Å²) in [6.45, 7) is 5.35. The molecule has 1 rings (SSSR count). The number of rotatable bonds is 2. The smallest absolute Gasteiger partial charge is 0.0684 e. The van der Waals surface area contributed by atoms with Crippen molar-refractivity contribution in [3.8, 4) is 11.8 Å². The molecule has 0 amide bonds. The van der Waals surface area contributed by atoms with Gasteiger partial charge in [-0.15, -0.1) is 6.58 Å². The third-order valence-electron chi connectivity index (χ3n) is 1.93. The molecule has 1 aromatic rings. The molecule has 72 valence electrons. The van der Waals surface area contributed by atoms with Crippen molar-refractivity contribution in [1.29, 1.82) is 0 Å². The minimum Gasteiger partial charge on any atom is -0.392 e. The number of hydrogen-bond donors (Lipinski definition) is 1. The minimum absolute atomic E-state index is 0.157. The van der Waals surface area contributed by atoms with Crippen molar-refractivity contribution in [2.75, 3.05) is 0 Å². The van der Waals surface area contributed by atoms with Crippen LogP contribution in [0, 0.1) is 17.8 Å². The molecule has 14 heavy (non-hydrogen) atoms. The topological polar surface area (TPSA) is 20.2 Å². The molecule has 1 N–H and O–H groups in total. The van der Waals surface area contributed by atoms with Gasteiger partial charge < -0.3 is 5.11 Å². The molecule has 1 aromatic carbocycles. The standard InChI is InChI=1S/C13H14O/c1-3-13(11(2)14)10-9-12-7-5-4-6-8-12/h3-8,11,13-14H,1H2,2H3/t11-,13+/m0/s1. The van der Waals surface area contributed by atoms with Gasteiger partial charge in [0.25, 0.3) is 0 Å². The summed E-state index contributed by atoms with van der Waals surface area (Å²) in [6.07, 6.45) is 1.20. The van der Waals surface area contributed by atoms with E-state index in [-0.39, 0.29) is 5.92 Å². The van der Waals surface area contributed by atoms with Crippen LogP contribution in [0.25, 0.3) is 0 Å². The number of benzene rings is 1. The molecule has 0 spiro atoms. The monoisotopic (exact) mass is 186 g/mol. The Kier molecular flexibility index (Phi) is 3.97. The van der Waals surface area contributed by atoms with Gasteiger partial charge in [-0.05, 0) is 19.1 Å². The maximum Gasteiger partial charge on any atom is 0.0684 e. The van der Waals surface area contributed by atoms with Gasteiger partial charge in [-0.25, -0.2) is 0 Å². The first-order chi connectivity index (χ1) is 6.74. The van der Waals surface area contributed by atoms with Crippen molar-refractivity contribution in [1.82, 2.24) is 0 Å². The van der Waals surface area contributed by atoms with Crippen LogP contribution in [0.3, 0.4) is 0 Å². The molecule has 0 aliphatic carbocycles. The Morgan fingerprint density at radius 1 is 1.36 bits per heavy atom. The van der Waals surface area contributed by atoms with Gasteiger partial charge in [-0.3, -0.25) is 0 Å². The largest absolute Gasteiger partial charge is 0.392 e. The van der Waals surface area contributed by atoms with Crippen molar-refractivity contribution >= 4 is 0 Å². The lowest BCUT2D eigenvalue weighted by atomic mass is 10.0. The molecule has 0 radical (unpaired) electrons. The van der Waals surface area contributed by atoms with Gasteiger partial charge in [0, 0.05) is 5.56 Å². The summed E-state index contributed by atoms with van der Waals surface area (Å²) in [6, 6.07) is 9.71. The molecule has 0 heterocycles. The van der Waals surface area contributed by atoms with Crippen LogP contribution in [0.1, 0.15) is 12.5 Å². The molecule has 0 bridgehead atoms. The van der Waals surface area contributed by atoms with Crippen LogP contribution in [-0.2, 0) is 0 Å². The zero-order valence-corrected chi connectivity index (χ0v) is 8.27. The predicted octanol–water partition coefficient (Wildman–Crippen LogP) is 2.22. The van der Waals surface area contributed by atoms with E-state index < -0.39 is 6.10 Å². The summed E-state index contributed by atoms with van der Waals surface area (Å²) in [7, 11) is 0. The Morgan fingerprint density at radius 2 is 2.00 bits per heavy atom. The minimum atomic E-state index is -0.469. The van der Waals surface area contributed by atoms with Gasteiger partial charge in [0.15, 0.2) is 0 Å². The molecule has 0 aromatic heterocycles. The lowest BCUT2D eigenvalue weighted by Gasteiger charge is -2.06. The lowest BCUT2D eigenvalue weighted by Crippen LogP contribution is -2.11. The van der Waals surface area contributed by atoms with Crippen molar-refractivity contribution in [2.45, 2.75) is 13.0 Å². The summed E-state index contributed by atoms with van der Waals surface area (Å²) in [5.41, 5.74) is 0.958. The summed E-state index contributed by atoms with van der Waals surface area (Å²) < 4.78 is 0. The number of aliphatic hydroxyl groups is 1. The highest BCUT2D eigenvalue weighted by Gasteiger charge is 2.05. The Hall–Kier alpha value is -1.52. The molecule has 0 aliphatic heterocycles. The molecule has 2 atom stereocenters. The van der Waals surface area contributed by atoms with E-state index in [4.69, 9.17) is 0 Å². The van der Waals surface area contributed by atoms with Crippen LogP contribution in [0.2, 0.25) is 0 Å². The second-order valence-corrected chi connectivity index (χ2v) is 3.14. The van der Waals surface area contributed by atoms with Crippen LogP contribution < -0.4 is 0 Å². The van der Waals surface area contributed by atoms with Gasteiger partial charge in [-0.1, -0.05) is 36.1 Å². The zero-order valence-electron chi connectivity index (χ0n) is 8.27. The van der Waals surface area contributed by atoms with Crippen molar-refractivity contribution < 1.29 is 5.11 Å². The fourth-order valence-electron chi connectivity index (χ4n) is 1.06. The quantitative estimate of drug-likeness (QED) is 0.554. The average molecular weight is 186 g/mol. The third kappa shape index (κ3) is 3.08. The summed E-state index contributed by atoms with van der Waals surface area (Å²) in [5, 5.41) is 9.32. The molecule has 0 saturated carbocycles. The maximum atomic E-state index is 9.32. The second kappa shape index (κ2) is 5.26. The van der Waals surface area contributed by atoms with Gasteiger partial charge in [0.05, 0.1) is 12.0 Å². The molecule has 0 unspecified atom stereocenters. The van der Waals surface area contributed by atoms with Crippen molar-refractivity contribution in [3.05, 3.63) is 48.6 Å². The van der Waals surface area contributed by atoms with E-state index in [1.807, 2.05) is 30.3 Å². The van der Waals surface area contributed by atoms with Crippen LogP contribution in [0.15, 0.2) is 43.0 Å². The fourth-order valence-corrected chi connectivity index (χ4v) is 1.06. The van der Waals surface area contributed by atoms with Crippen LogP contribution in [0.5, 0.6) is 0 Å². The highest BCUT2D eigenvalue weighted by atomic mass is 16.3. The van der Waals surface area contributed by atoms with Crippen LogP contribution in [-0.4, -0.2) is 11.2 Å². The number of hydrogen-bond acceptors (Lipinski definition) is 1. The fraction of sp³-hybridized carbons (Fsp3) is 0.231. The SMILES string of the molecule is C=C[C@H](C#Cc1ccccc1)[C@H](C)O. The average Bonchev–Trinajstić information content (AvgIpc) is 2.20. The van der Waals surface area contributed by atoms with Crippen LogP contribution in [0.4, 0.5) is 0 Å². The summed E-state index contributed by atoms with van der Waals surface area (Å²) >= 11 is 0. The van der Waals surface area contributed by atoms with Gasteiger partial charge in [0.2, 0.25) is 0 Å². The molecule has 0 saturated heterocycles. The molecule has 0 aliphatic rings. The first-order valence-corrected chi connectivity index (χ1v) is 4.61. The van der Waals surface area contributed by atoms with E-state index in [1.54, 1.807) is 13.0 Å². The maximum absolute atomic E-state index is 9.32. The normalized spacial score (nSPS) is 13.6. The Bertz CT molecular complexity index is 340. The van der Waals surface area contributed by atoms with E-state index >= 15 is 0 Å². The Balaban J connectivity index is 2.76. The molecule has 1 heteroatoms. The van der Waals surface area contributed by atoms with Crippen LogP contribution >= 0.6 is 0 Å². The Labute approximate surface area is 85.1 Å².